The topological polar surface area (TPSA) is 79.4 Å². The van der Waals surface area contributed by atoms with Gasteiger partial charge in [-0.1, -0.05) is 37.1 Å². The van der Waals surface area contributed by atoms with Crippen molar-refractivity contribution >= 4 is 58.7 Å². The molecule has 0 aliphatic carbocycles. The Labute approximate surface area is 256 Å². The molecule has 222 valence electrons. The van der Waals surface area contributed by atoms with E-state index in [4.69, 9.17) is 21.1 Å². The summed E-state index contributed by atoms with van der Waals surface area (Å²) in [7, 11) is 0. The van der Waals surface area contributed by atoms with Gasteiger partial charge in [-0.05, 0) is 51.0 Å². The molecule has 3 heterocycles. The van der Waals surface area contributed by atoms with Crippen molar-refractivity contribution in [2.45, 2.75) is 52.2 Å². The van der Waals surface area contributed by atoms with Gasteiger partial charge in [0.05, 0.1) is 11.8 Å². The minimum absolute atomic E-state index is 0.0761. The molecule has 0 radical (unpaired) electrons. The highest BCUT2D eigenvalue weighted by molar-refractivity contribution is 8.01. The molecule has 8 nitrogen and oxygen atoms in total. The Morgan fingerprint density at radius 3 is 2.46 bits per heavy atom. The first-order valence-corrected chi connectivity index (χ1v) is 16.7. The molecule has 0 aromatic heterocycles. The number of fused-ring (bicyclic) bond motifs is 1. The number of halogens is 1. The normalized spacial score (nSPS) is 20.8. The van der Waals surface area contributed by atoms with Crippen LogP contribution in [-0.2, 0) is 14.3 Å². The maximum absolute atomic E-state index is 13.5. The van der Waals surface area contributed by atoms with Gasteiger partial charge in [0.2, 0.25) is 5.88 Å². The molecule has 4 amide bonds. The molecular weight excluding hydrogens is 582 g/mol. The second kappa shape index (κ2) is 14.7. The van der Waals surface area contributed by atoms with Gasteiger partial charge in [-0.2, -0.15) is 23.5 Å². The first kappa shape index (κ1) is 31.5. The number of urea groups is 1. The van der Waals surface area contributed by atoms with Crippen molar-refractivity contribution in [2.24, 2.45) is 0 Å². The zero-order chi connectivity index (χ0) is 29.5. The quantitative estimate of drug-likeness (QED) is 0.134. The molecule has 1 aromatic rings. The summed E-state index contributed by atoms with van der Waals surface area (Å²) < 4.78 is 12.1. The molecule has 41 heavy (non-hydrogen) atoms. The molecule has 0 atom stereocenters. The lowest BCUT2D eigenvalue weighted by molar-refractivity contribution is -0.137. The van der Waals surface area contributed by atoms with E-state index in [1.807, 2.05) is 34.5 Å². The summed E-state index contributed by atoms with van der Waals surface area (Å²) in [5.41, 5.74) is 2.04. The fraction of sp³-hybridized carbons (Fsp3) is 0.500. The van der Waals surface area contributed by atoms with Crippen LogP contribution in [-0.4, -0.2) is 82.5 Å². The number of hydrogen-bond acceptors (Lipinski definition) is 8. The van der Waals surface area contributed by atoms with Crippen molar-refractivity contribution in [3.05, 3.63) is 59.0 Å². The Hall–Kier alpha value is -2.40. The number of amides is 4. The number of nitrogens with zero attached hydrogens (tertiary/aromatic N) is 3. The van der Waals surface area contributed by atoms with Crippen molar-refractivity contribution in [2.75, 3.05) is 47.6 Å². The van der Waals surface area contributed by atoms with Crippen LogP contribution in [0.3, 0.4) is 0 Å². The Morgan fingerprint density at radius 2 is 1.78 bits per heavy atom. The number of hydrogen-bond donors (Lipinski definition) is 0. The van der Waals surface area contributed by atoms with E-state index in [1.54, 1.807) is 32.1 Å². The number of allylic oxidation sites excluding steroid dienone is 2. The van der Waals surface area contributed by atoms with Crippen LogP contribution >= 0.6 is 35.1 Å². The molecule has 0 unspecified atom stereocenters. The van der Waals surface area contributed by atoms with Gasteiger partial charge in [0.25, 0.3) is 11.8 Å². The van der Waals surface area contributed by atoms with Crippen molar-refractivity contribution in [1.29, 1.82) is 0 Å². The van der Waals surface area contributed by atoms with Gasteiger partial charge in [0, 0.05) is 59.8 Å². The lowest BCUT2D eigenvalue weighted by Gasteiger charge is -2.36. The fourth-order valence-corrected chi connectivity index (χ4v) is 7.11. The van der Waals surface area contributed by atoms with Crippen LogP contribution in [0.15, 0.2) is 54.0 Å². The van der Waals surface area contributed by atoms with Crippen molar-refractivity contribution in [3.8, 4) is 5.75 Å². The molecule has 2 fully saturated rings. The zero-order valence-electron chi connectivity index (χ0n) is 23.9. The Balaban J connectivity index is 1.48. The summed E-state index contributed by atoms with van der Waals surface area (Å²) in [6.45, 7) is 11.0. The van der Waals surface area contributed by atoms with Crippen LogP contribution < -0.4 is 9.64 Å². The average Bonchev–Trinajstić information content (AvgIpc) is 3.25. The molecule has 3 aliphatic rings. The lowest BCUT2D eigenvalue weighted by Crippen LogP contribution is -2.58. The second-order valence-corrected chi connectivity index (χ2v) is 12.9. The van der Waals surface area contributed by atoms with E-state index in [2.05, 4.69) is 13.5 Å². The molecular formula is C30H38ClN3O5S2. The fourth-order valence-electron chi connectivity index (χ4n) is 4.70. The van der Waals surface area contributed by atoms with E-state index in [0.29, 0.717) is 36.2 Å². The van der Waals surface area contributed by atoms with Crippen LogP contribution in [0.2, 0.25) is 5.02 Å². The van der Waals surface area contributed by atoms with Gasteiger partial charge in [0.1, 0.15) is 5.57 Å². The molecule has 0 spiro atoms. The summed E-state index contributed by atoms with van der Waals surface area (Å²) >= 11 is 9.81. The molecule has 2 saturated heterocycles. The number of thioether (sulfide) groups is 2. The largest absolute Gasteiger partial charge is 0.439 e. The third kappa shape index (κ3) is 7.71. The Bertz CT molecular complexity index is 1220. The predicted molar refractivity (Wildman–Crippen MR) is 168 cm³/mol. The maximum Gasteiger partial charge on any atom is 0.334 e. The average molecular weight is 620 g/mol. The van der Waals surface area contributed by atoms with Gasteiger partial charge < -0.3 is 14.4 Å². The van der Waals surface area contributed by atoms with E-state index in [9.17, 15) is 14.4 Å². The Morgan fingerprint density at radius 1 is 1.07 bits per heavy atom. The molecule has 4 rings (SSSR count). The van der Waals surface area contributed by atoms with E-state index in [0.717, 1.165) is 51.3 Å². The van der Waals surface area contributed by atoms with Crippen molar-refractivity contribution in [3.63, 3.8) is 0 Å². The SMILES string of the molecule is C=C1CSCC(OCCCN2C(=O)/C(=C/C=C3/Oc4cc(Cl)ccc4N3CCCC)C(=O)N(C(C)C)C2=O)CSC1. The highest BCUT2D eigenvalue weighted by Gasteiger charge is 2.42. The summed E-state index contributed by atoms with van der Waals surface area (Å²) in [6, 6.07) is 4.43. The number of carbonyl (C=O) groups is 3. The standard InChI is InChI=1S/C30H38ClN3O5S2/c1-5-6-12-32-25-10-8-22(31)15-26(25)39-27(32)11-9-24-28(35)33(30(37)34(20(2)3)29(24)36)13-7-14-38-23-18-40-16-21(4)17-41-19-23/h8-11,15,20,23H,4-7,12-14,16-19H2,1-3H3/b24-9-,27-11+. The first-order valence-electron chi connectivity index (χ1n) is 14.0. The van der Waals surface area contributed by atoms with Crippen LogP contribution in [0.25, 0.3) is 0 Å². The maximum atomic E-state index is 13.5. The first-order chi connectivity index (χ1) is 19.7. The van der Waals surface area contributed by atoms with Gasteiger partial charge >= 0.3 is 6.03 Å². The number of rotatable bonds is 10. The monoisotopic (exact) mass is 619 g/mol. The zero-order valence-corrected chi connectivity index (χ0v) is 26.3. The van der Waals surface area contributed by atoms with Gasteiger partial charge in [0.15, 0.2) is 5.75 Å². The molecule has 3 aliphatic heterocycles. The van der Waals surface area contributed by atoms with Gasteiger partial charge in [-0.25, -0.2) is 4.79 Å². The molecule has 0 saturated carbocycles. The number of anilines is 1. The number of ether oxygens (including phenoxy) is 2. The van der Waals surface area contributed by atoms with Gasteiger partial charge in [-0.15, -0.1) is 0 Å². The predicted octanol–water partition coefficient (Wildman–Crippen LogP) is 6.12. The van der Waals surface area contributed by atoms with Crippen molar-refractivity contribution < 1.29 is 23.9 Å². The highest BCUT2D eigenvalue weighted by atomic mass is 35.5. The van der Waals surface area contributed by atoms with E-state index in [-0.39, 0.29) is 18.2 Å². The molecule has 1 aromatic carbocycles. The Kier molecular flexibility index (Phi) is 11.3. The summed E-state index contributed by atoms with van der Waals surface area (Å²) in [6.07, 6.45) is 5.60. The number of barbiturate groups is 1. The summed E-state index contributed by atoms with van der Waals surface area (Å²) in [5.74, 6) is 3.55. The number of imide groups is 2. The van der Waals surface area contributed by atoms with Gasteiger partial charge in [-0.3, -0.25) is 19.4 Å². The highest BCUT2D eigenvalue weighted by Crippen LogP contribution is 2.41. The van der Waals surface area contributed by atoms with Crippen LogP contribution in [0.4, 0.5) is 10.5 Å². The number of carbonyl (C=O) groups excluding carboxylic acids is 3. The summed E-state index contributed by atoms with van der Waals surface area (Å²) in [5, 5.41) is 0.556. The number of unbranched alkanes of at least 4 members (excludes halogenated alkanes) is 1. The summed E-state index contributed by atoms with van der Waals surface area (Å²) in [4.78, 5) is 44.3. The van der Waals surface area contributed by atoms with Crippen LogP contribution in [0.5, 0.6) is 5.75 Å². The lowest BCUT2D eigenvalue weighted by atomic mass is 10.1. The molecule has 0 N–H and O–H groups in total. The third-order valence-corrected chi connectivity index (χ3v) is 9.47. The molecule has 11 heteroatoms. The van der Waals surface area contributed by atoms with E-state index in [1.165, 1.54) is 11.6 Å². The van der Waals surface area contributed by atoms with E-state index < -0.39 is 23.9 Å². The number of benzene rings is 1. The van der Waals surface area contributed by atoms with Crippen LogP contribution in [0.1, 0.15) is 40.0 Å². The second-order valence-electron chi connectivity index (χ2n) is 10.4. The van der Waals surface area contributed by atoms with Crippen molar-refractivity contribution in [1.82, 2.24) is 9.80 Å². The van der Waals surface area contributed by atoms with E-state index >= 15 is 0 Å². The molecule has 0 bridgehead atoms. The smallest absolute Gasteiger partial charge is 0.334 e. The minimum Gasteiger partial charge on any atom is -0.439 e. The third-order valence-electron chi connectivity index (χ3n) is 6.80. The van der Waals surface area contributed by atoms with Crippen LogP contribution in [0, 0.1) is 0 Å². The minimum atomic E-state index is -0.608.